The van der Waals surface area contributed by atoms with Crippen molar-refractivity contribution in [2.24, 2.45) is 11.8 Å². The third-order valence-corrected chi connectivity index (χ3v) is 3.52. The highest BCUT2D eigenvalue weighted by molar-refractivity contribution is 5.93. The summed E-state index contributed by atoms with van der Waals surface area (Å²) in [6.07, 6.45) is 14.2. The standard InChI is InChI=1S/C13H20O/c14-13-9-7-5-3-1-2-4-6-8-11-10-12(11)13/h7,9,11-12H,1-6,8,10H2/b9-7-/t11-,12-/m0/s1. The van der Waals surface area contributed by atoms with E-state index in [9.17, 15) is 4.79 Å². The molecule has 0 aliphatic heterocycles. The summed E-state index contributed by atoms with van der Waals surface area (Å²) in [6.45, 7) is 0. The Hall–Kier alpha value is -0.590. The van der Waals surface area contributed by atoms with Crippen molar-refractivity contribution >= 4 is 5.78 Å². The Kier molecular flexibility index (Phi) is 3.39. The molecule has 0 N–H and O–H groups in total. The maximum atomic E-state index is 11.6. The van der Waals surface area contributed by atoms with Gasteiger partial charge in [-0.2, -0.15) is 0 Å². The molecule has 2 aliphatic carbocycles. The molecule has 0 aromatic carbocycles. The van der Waals surface area contributed by atoms with E-state index in [0.717, 1.165) is 12.3 Å². The van der Waals surface area contributed by atoms with Crippen LogP contribution in [0.5, 0.6) is 0 Å². The van der Waals surface area contributed by atoms with Crippen molar-refractivity contribution in [2.45, 2.75) is 51.4 Å². The zero-order valence-electron chi connectivity index (χ0n) is 8.87. The summed E-state index contributed by atoms with van der Waals surface area (Å²) in [6, 6.07) is 0. The summed E-state index contributed by atoms with van der Waals surface area (Å²) < 4.78 is 0. The molecule has 1 heteroatoms. The summed E-state index contributed by atoms with van der Waals surface area (Å²) in [5.74, 6) is 1.55. The van der Waals surface area contributed by atoms with E-state index in [2.05, 4.69) is 6.08 Å². The Labute approximate surface area is 86.6 Å². The zero-order valence-corrected chi connectivity index (χ0v) is 8.87. The lowest BCUT2D eigenvalue weighted by atomic mass is 10.0. The second-order valence-electron chi connectivity index (χ2n) is 4.75. The van der Waals surface area contributed by atoms with E-state index >= 15 is 0 Å². The SMILES string of the molecule is O=C1/C=C\CCCCCCC[C@H]2C[C@H]12. The van der Waals surface area contributed by atoms with E-state index in [1.54, 1.807) is 0 Å². The Morgan fingerprint density at radius 1 is 1.07 bits per heavy atom. The normalized spacial score (nSPS) is 36.4. The van der Waals surface area contributed by atoms with Gasteiger partial charge in [-0.05, 0) is 37.7 Å². The maximum Gasteiger partial charge on any atom is 0.158 e. The molecule has 0 aromatic rings. The first-order valence-electron chi connectivity index (χ1n) is 6.08. The third-order valence-electron chi connectivity index (χ3n) is 3.52. The van der Waals surface area contributed by atoms with Crippen LogP contribution in [0.25, 0.3) is 0 Å². The molecule has 0 bridgehead atoms. The van der Waals surface area contributed by atoms with Gasteiger partial charge < -0.3 is 0 Å². The first-order chi connectivity index (χ1) is 6.88. The minimum Gasteiger partial charge on any atom is -0.295 e. The van der Waals surface area contributed by atoms with E-state index in [-0.39, 0.29) is 0 Å². The van der Waals surface area contributed by atoms with Gasteiger partial charge in [-0.3, -0.25) is 4.79 Å². The van der Waals surface area contributed by atoms with Crippen LogP contribution in [0, 0.1) is 11.8 Å². The van der Waals surface area contributed by atoms with Crippen molar-refractivity contribution in [1.29, 1.82) is 0 Å². The molecule has 0 spiro atoms. The van der Waals surface area contributed by atoms with Crippen molar-refractivity contribution < 1.29 is 4.79 Å². The largest absolute Gasteiger partial charge is 0.295 e. The molecule has 0 amide bonds. The number of hydrogen-bond donors (Lipinski definition) is 0. The Morgan fingerprint density at radius 3 is 2.79 bits per heavy atom. The van der Waals surface area contributed by atoms with Crippen LogP contribution < -0.4 is 0 Å². The average Bonchev–Trinajstić information content (AvgIpc) is 2.92. The molecule has 0 heterocycles. The van der Waals surface area contributed by atoms with Gasteiger partial charge in [0.15, 0.2) is 5.78 Å². The number of ketones is 1. The minimum atomic E-state index is 0.399. The summed E-state index contributed by atoms with van der Waals surface area (Å²) in [4.78, 5) is 11.6. The predicted molar refractivity (Wildman–Crippen MR) is 58.1 cm³/mol. The molecular formula is C13H20O. The molecule has 2 aliphatic rings. The number of rotatable bonds is 0. The van der Waals surface area contributed by atoms with Crippen molar-refractivity contribution in [2.75, 3.05) is 0 Å². The number of fused-ring (bicyclic) bond motifs is 1. The van der Waals surface area contributed by atoms with Crippen molar-refractivity contribution in [3.8, 4) is 0 Å². The number of hydrogen-bond acceptors (Lipinski definition) is 1. The highest BCUT2D eigenvalue weighted by atomic mass is 16.1. The average molecular weight is 192 g/mol. The van der Waals surface area contributed by atoms with Gasteiger partial charge in [-0.1, -0.05) is 31.8 Å². The van der Waals surface area contributed by atoms with Crippen LogP contribution in [0.1, 0.15) is 51.4 Å². The molecular weight excluding hydrogens is 172 g/mol. The number of carbonyl (C=O) groups is 1. The third kappa shape index (κ3) is 2.70. The lowest BCUT2D eigenvalue weighted by molar-refractivity contribution is -0.116. The van der Waals surface area contributed by atoms with Gasteiger partial charge in [-0.25, -0.2) is 0 Å². The van der Waals surface area contributed by atoms with Crippen LogP contribution >= 0.6 is 0 Å². The lowest BCUT2D eigenvalue weighted by Gasteiger charge is -2.02. The van der Waals surface area contributed by atoms with Crippen LogP contribution in [0.15, 0.2) is 12.2 Å². The van der Waals surface area contributed by atoms with Gasteiger partial charge in [0, 0.05) is 5.92 Å². The number of allylic oxidation sites excluding steroid dienone is 2. The van der Waals surface area contributed by atoms with Crippen molar-refractivity contribution in [3.05, 3.63) is 12.2 Å². The van der Waals surface area contributed by atoms with E-state index in [1.165, 1.54) is 44.9 Å². The topological polar surface area (TPSA) is 17.1 Å². The van der Waals surface area contributed by atoms with Gasteiger partial charge in [0.25, 0.3) is 0 Å². The molecule has 78 valence electrons. The number of carbonyl (C=O) groups excluding carboxylic acids is 1. The van der Waals surface area contributed by atoms with Gasteiger partial charge in [0.2, 0.25) is 0 Å². The molecule has 14 heavy (non-hydrogen) atoms. The van der Waals surface area contributed by atoms with Crippen LogP contribution in [-0.2, 0) is 4.79 Å². The molecule has 0 saturated heterocycles. The molecule has 2 rings (SSSR count). The molecule has 0 unspecified atom stereocenters. The molecule has 1 fully saturated rings. The Balaban J connectivity index is 1.86. The Bertz CT molecular complexity index is 229. The fourth-order valence-corrected chi connectivity index (χ4v) is 2.44. The fourth-order valence-electron chi connectivity index (χ4n) is 2.44. The molecule has 2 atom stereocenters. The monoisotopic (exact) mass is 192 g/mol. The van der Waals surface area contributed by atoms with E-state index < -0.39 is 0 Å². The second kappa shape index (κ2) is 4.77. The highest BCUT2D eigenvalue weighted by Gasteiger charge is 2.40. The first-order valence-corrected chi connectivity index (χ1v) is 6.08. The second-order valence-corrected chi connectivity index (χ2v) is 4.75. The molecule has 0 radical (unpaired) electrons. The maximum absolute atomic E-state index is 11.6. The molecule has 1 saturated carbocycles. The zero-order chi connectivity index (χ0) is 9.80. The predicted octanol–water partition coefficient (Wildman–Crippen LogP) is 3.49. The fraction of sp³-hybridized carbons (Fsp3) is 0.769. The van der Waals surface area contributed by atoms with Crippen molar-refractivity contribution in [1.82, 2.24) is 0 Å². The van der Waals surface area contributed by atoms with Crippen LogP contribution in [0.3, 0.4) is 0 Å². The van der Waals surface area contributed by atoms with Gasteiger partial charge in [0.05, 0.1) is 0 Å². The van der Waals surface area contributed by atoms with Gasteiger partial charge >= 0.3 is 0 Å². The van der Waals surface area contributed by atoms with E-state index in [4.69, 9.17) is 0 Å². The Morgan fingerprint density at radius 2 is 1.86 bits per heavy atom. The van der Waals surface area contributed by atoms with Crippen LogP contribution in [-0.4, -0.2) is 5.78 Å². The van der Waals surface area contributed by atoms with E-state index in [0.29, 0.717) is 11.7 Å². The van der Waals surface area contributed by atoms with Gasteiger partial charge in [-0.15, -0.1) is 0 Å². The smallest absolute Gasteiger partial charge is 0.158 e. The first kappa shape index (κ1) is 9.95. The summed E-state index contributed by atoms with van der Waals surface area (Å²) in [5.41, 5.74) is 0. The van der Waals surface area contributed by atoms with Crippen LogP contribution in [0.4, 0.5) is 0 Å². The van der Waals surface area contributed by atoms with E-state index in [1.807, 2.05) is 6.08 Å². The molecule has 1 nitrogen and oxygen atoms in total. The minimum absolute atomic E-state index is 0.399. The lowest BCUT2D eigenvalue weighted by Crippen LogP contribution is -1.98. The van der Waals surface area contributed by atoms with Crippen LogP contribution in [0.2, 0.25) is 0 Å². The summed E-state index contributed by atoms with van der Waals surface area (Å²) in [5, 5.41) is 0. The molecule has 0 aromatic heterocycles. The quantitative estimate of drug-likeness (QED) is 0.574. The van der Waals surface area contributed by atoms with Crippen molar-refractivity contribution in [3.63, 3.8) is 0 Å². The summed E-state index contributed by atoms with van der Waals surface area (Å²) in [7, 11) is 0. The highest BCUT2D eigenvalue weighted by Crippen LogP contribution is 2.43. The summed E-state index contributed by atoms with van der Waals surface area (Å²) >= 11 is 0. The van der Waals surface area contributed by atoms with Gasteiger partial charge in [0.1, 0.15) is 0 Å².